The van der Waals surface area contributed by atoms with Gasteiger partial charge in [-0.05, 0) is 61.0 Å². The van der Waals surface area contributed by atoms with Gasteiger partial charge in [0.15, 0.2) is 12.0 Å². The number of halogens is 1. The van der Waals surface area contributed by atoms with E-state index >= 15 is 0 Å². The Hall–Kier alpha value is -3.13. The number of hydrogen-bond donors (Lipinski definition) is 2. The summed E-state index contributed by atoms with van der Waals surface area (Å²) in [6.07, 6.45) is 12.6. The SMILES string of the molecule is NC1CCC(NC2=CCC3=NC=C(c4cnn(-c5ccc(F)cc5)c4)[N+]3=N2)CC1. The average molecular weight is 392 g/mol. The van der Waals surface area contributed by atoms with Gasteiger partial charge in [-0.1, -0.05) is 9.81 Å². The van der Waals surface area contributed by atoms with E-state index in [-0.39, 0.29) is 5.82 Å². The van der Waals surface area contributed by atoms with Crippen molar-refractivity contribution in [3.8, 4) is 5.69 Å². The number of amidine groups is 1. The summed E-state index contributed by atoms with van der Waals surface area (Å²) in [6, 6.07) is 6.99. The van der Waals surface area contributed by atoms with Gasteiger partial charge < -0.3 is 11.1 Å². The summed E-state index contributed by atoms with van der Waals surface area (Å²) in [5.74, 6) is 1.51. The molecule has 3 aliphatic rings. The number of hydrogen-bond acceptors (Lipinski definition) is 5. The van der Waals surface area contributed by atoms with Gasteiger partial charge in [-0.3, -0.25) is 0 Å². The normalized spacial score (nSPS) is 23.7. The second kappa shape index (κ2) is 7.36. The first kappa shape index (κ1) is 17.9. The molecule has 2 aliphatic heterocycles. The highest BCUT2D eigenvalue weighted by Crippen LogP contribution is 2.27. The molecule has 1 aliphatic carbocycles. The van der Waals surface area contributed by atoms with E-state index in [2.05, 4.69) is 21.5 Å². The molecule has 7 nitrogen and oxygen atoms in total. The van der Waals surface area contributed by atoms with Crippen LogP contribution in [0.15, 0.2) is 64.9 Å². The van der Waals surface area contributed by atoms with Gasteiger partial charge in [0, 0.05) is 18.3 Å². The van der Waals surface area contributed by atoms with Crippen molar-refractivity contribution in [2.75, 3.05) is 0 Å². The number of rotatable bonds is 4. The molecule has 148 valence electrons. The predicted octanol–water partition coefficient (Wildman–Crippen LogP) is 3.29. The lowest BCUT2D eigenvalue weighted by Gasteiger charge is -2.27. The number of benzene rings is 1. The largest absolute Gasteiger partial charge is 0.364 e. The van der Waals surface area contributed by atoms with Crippen molar-refractivity contribution in [3.63, 3.8) is 0 Å². The van der Waals surface area contributed by atoms with E-state index in [4.69, 9.17) is 10.8 Å². The van der Waals surface area contributed by atoms with Gasteiger partial charge in [0.1, 0.15) is 5.82 Å². The van der Waals surface area contributed by atoms with Gasteiger partial charge in [-0.15, -0.1) is 0 Å². The maximum Gasteiger partial charge on any atom is 0.328 e. The van der Waals surface area contributed by atoms with Crippen molar-refractivity contribution < 1.29 is 9.09 Å². The Morgan fingerprint density at radius 3 is 2.72 bits per heavy atom. The van der Waals surface area contributed by atoms with Crippen LogP contribution in [0.25, 0.3) is 11.4 Å². The Kier molecular flexibility index (Phi) is 4.55. The molecular weight excluding hydrogens is 369 g/mol. The summed E-state index contributed by atoms with van der Waals surface area (Å²) in [7, 11) is 0. The Bertz CT molecular complexity index is 1040. The minimum Gasteiger partial charge on any atom is -0.364 e. The van der Waals surface area contributed by atoms with E-state index in [1.165, 1.54) is 12.1 Å². The maximum atomic E-state index is 13.2. The van der Waals surface area contributed by atoms with Crippen molar-refractivity contribution in [1.82, 2.24) is 15.1 Å². The number of aliphatic imine (C=N–C) groups is 1. The molecule has 0 unspecified atom stereocenters. The molecule has 0 atom stereocenters. The summed E-state index contributed by atoms with van der Waals surface area (Å²) < 4.78 is 16.8. The van der Waals surface area contributed by atoms with Crippen LogP contribution in [0.1, 0.15) is 37.7 Å². The van der Waals surface area contributed by atoms with E-state index in [1.54, 1.807) is 23.0 Å². The maximum absolute atomic E-state index is 13.2. The van der Waals surface area contributed by atoms with Crippen LogP contribution >= 0.6 is 0 Å². The highest BCUT2D eigenvalue weighted by molar-refractivity contribution is 5.85. The Morgan fingerprint density at radius 2 is 1.93 bits per heavy atom. The molecule has 5 rings (SSSR count). The quantitative estimate of drug-likeness (QED) is 0.783. The first-order valence-corrected chi connectivity index (χ1v) is 9.97. The third-order valence-electron chi connectivity index (χ3n) is 5.59. The van der Waals surface area contributed by atoms with Crippen molar-refractivity contribution >= 4 is 11.5 Å². The van der Waals surface area contributed by atoms with Crippen LogP contribution in [0.3, 0.4) is 0 Å². The van der Waals surface area contributed by atoms with Gasteiger partial charge >= 0.3 is 5.84 Å². The van der Waals surface area contributed by atoms with Crippen LogP contribution in [0.4, 0.5) is 4.39 Å². The van der Waals surface area contributed by atoms with Crippen molar-refractivity contribution in [3.05, 3.63) is 66.1 Å². The topological polar surface area (TPSA) is 83.6 Å². The molecule has 3 heterocycles. The fourth-order valence-electron chi connectivity index (χ4n) is 3.92. The Morgan fingerprint density at radius 1 is 1.14 bits per heavy atom. The van der Waals surface area contributed by atoms with E-state index in [0.29, 0.717) is 12.1 Å². The molecule has 0 spiro atoms. The van der Waals surface area contributed by atoms with Gasteiger partial charge in [0.05, 0.1) is 23.9 Å². The lowest BCUT2D eigenvalue weighted by atomic mass is 9.92. The van der Waals surface area contributed by atoms with E-state index in [1.807, 2.05) is 17.1 Å². The highest BCUT2D eigenvalue weighted by atomic mass is 19.1. The van der Waals surface area contributed by atoms with Gasteiger partial charge in [-0.25, -0.2) is 9.07 Å². The first-order valence-electron chi connectivity index (χ1n) is 9.97. The fraction of sp³-hybridized carbons (Fsp3) is 0.333. The summed E-state index contributed by atoms with van der Waals surface area (Å²) in [4.78, 5) is 4.51. The number of nitrogens with one attached hydrogen (secondary N) is 1. The minimum atomic E-state index is -0.267. The molecule has 3 N–H and O–H groups in total. The summed E-state index contributed by atoms with van der Waals surface area (Å²) >= 11 is 0. The van der Waals surface area contributed by atoms with Crippen LogP contribution in [0.2, 0.25) is 0 Å². The van der Waals surface area contributed by atoms with E-state index in [9.17, 15) is 4.39 Å². The summed E-state index contributed by atoms with van der Waals surface area (Å²) in [5.41, 5.74) is 8.59. The number of nitrogens with zero attached hydrogens (tertiary/aromatic N) is 5. The molecule has 8 heteroatoms. The standard InChI is InChI=1S/C21H23FN7/c22-15-1-7-18(8-2-15)28-13-14(11-25-28)19-12-24-21-10-9-20(27-29(19)21)26-17-5-3-16(23)4-6-17/h1-2,7-9,11-13,16-17,26H,3-6,10,23H2/q+1. The third kappa shape index (κ3) is 3.63. The number of azo groups is 2. The average Bonchev–Trinajstić information content (AvgIpc) is 3.37. The summed E-state index contributed by atoms with van der Waals surface area (Å²) in [5, 5.41) is 12.7. The second-order valence-electron chi connectivity index (χ2n) is 7.67. The third-order valence-corrected chi connectivity index (χ3v) is 5.59. The monoisotopic (exact) mass is 392 g/mol. The van der Waals surface area contributed by atoms with Crippen LogP contribution in [-0.4, -0.2) is 32.4 Å². The molecule has 1 aromatic heterocycles. The van der Waals surface area contributed by atoms with Crippen molar-refractivity contribution in [2.24, 2.45) is 15.8 Å². The molecule has 2 aromatic rings. The molecule has 1 aromatic carbocycles. The smallest absolute Gasteiger partial charge is 0.328 e. The molecule has 0 saturated heterocycles. The predicted molar refractivity (Wildman–Crippen MR) is 108 cm³/mol. The lowest BCUT2D eigenvalue weighted by Crippen LogP contribution is -2.37. The van der Waals surface area contributed by atoms with Crippen LogP contribution in [-0.2, 0) is 0 Å². The zero-order valence-corrected chi connectivity index (χ0v) is 16.0. The zero-order valence-electron chi connectivity index (χ0n) is 16.0. The lowest BCUT2D eigenvalue weighted by molar-refractivity contribution is -0.379. The minimum absolute atomic E-state index is 0.267. The fourth-order valence-corrected chi connectivity index (χ4v) is 3.92. The van der Waals surface area contributed by atoms with Gasteiger partial charge in [0.2, 0.25) is 5.70 Å². The molecule has 1 saturated carbocycles. The molecule has 0 radical (unpaired) electrons. The van der Waals surface area contributed by atoms with Crippen molar-refractivity contribution in [1.29, 1.82) is 0 Å². The van der Waals surface area contributed by atoms with Crippen molar-refractivity contribution in [2.45, 2.75) is 44.2 Å². The van der Waals surface area contributed by atoms with Crippen LogP contribution < -0.4 is 11.1 Å². The number of nitrogens with two attached hydrogens (primary N) is 1. The number of fused-ring (bicyclic) bond motifs is 1. The molecule has 0 bridgehead atoms. The highest BCUT2D eigenvalue weighted by Gasteiger charge is 2.33. The molecule has 1 fully saturated rings. The first-order chi connectivity index (χ1) is 14.2. The van der Waals surface area contributed by atoms with Gasteiger partial charge in [0.25, 0.3) is 0 Å². The number of aromatic nitrogens is 2. The molecule has 0 amide bonds. The second-order valence-corrected chi connectivity index (χ2v) is 7.67. The Labute approximate surface area is 168 Å². The zero-order chi connectivity index (χ0) is 19.8. The van der Waals surface area contributed by atoms with Crippen LogP contribution in [0, 0.1) is 5.82 Å². The van der Waals surface area contributed by atoms with E-state index < -0.39 is 0 Å². The van der Waals surface area contributed by atoms with E-state index in [0.717, 1.165) is 60.7 Å². The summed E-state index contributed by atoms with van der Waals surface area (Å²) in [6.45, 7) is 0. The molecule has 29 heavy (non-hydrogen) atoms. The Balaban J connectivity index is 1.34. The van der Waals surface area contributed by atoms with Crippen LogP contribution in [0.5, 0.6) is 0 Å². The van der Waals surface area contributed by atoms with Gasteiger partial charge in [-0.2, -0.15) is 5.10 Å². The molecular formula is C21H23FN7+.